The third kappa shape index (κ3) is 3.31. The number of halogens is 1. The first-order chi connectivity index (χ1) is 12.5. The minimum Gasteiger partial charge on any atom is -0.507 e. The van der Waals surface area contributed by atoms with Crippen molar-refractivity contribution in [1.82, 2.24) is 9.80 Å². The molecule has 0 aliphatic carbocycles. The van der Waals surface area contributed by atoms with Crippen molar-refractivity contribution in [3.8, 4) is 5.75 Å². The van der Waals surface area contributed by atoms with Gasteiger partial charge in [-0.15, -0.1) is 0 Å². The lowest BCUT2D eigenvalue weighted by Crippen LogP contribution is -2.34. The Bertz CT molecular complexity index is 811. The molecular weight excluding hydrogens is 331 g/mol. The van der Waals surface area contributed by atoms with Crippen molar-refractivity contribution in [2.45, 2.75) is 19.4 Å². The lowest BCUT2D eigenvalue weighted by Gasteiger charge is -2.25. The third-order valence-electron chi connectivity index (χ3n) is 5.68. The molecule has 1 N–H and O–H groups in total. The number of benzene rings is 2. The van der Waals surface area contributed by atoms with E-state index in [0.29, 0.717) is 13.1 Å². The van der Waals surface area contributed by atoms with E-state index in [1.54, 1.807) is 4.90 Å². The second-order valence-electron chi connectivity index (χ2n) is 7.58. The van der Waals surface area contributed by atoms with Crippen LogP contribution in [0.3, 0.4) is 0 Å². The van der Waals surface area contributed by atoms with Gasteiger partial charge >= 0.3 is 0 Å². The normalized spacial score (nSPS) is 23.0. The Hall–Kier alpha value is -2.40. The molecule has 0 saturated carbocycles. The second-order valence-corrected chi connectivity index (χ2v) is 7.58. The summed E-state index contributed by atoms with van der Waals surface area (Å²) in [5, 5.41) is 9.91. The molecule has 2 saturated heterocycles. The van der Waals surface area contributed by atoms with E-state index >= 15 is 0 Å². The fraction of sp³-hybridized carbons (Fsp3) is 0.381. The number of aromatic hydroxyl groups is 1. The Morgan fingerprint density at radius 2 is 1.85 bits per heavy atom. The highest BCUT2D eigenvalue weighted by Gasteiger charge is 2.44. The summed E-state index contributed by atoms with van der Waals surface area (Å²) < 4.78 is 13.5. The Morgan fingerprint density at radius 3 is 2.65 bits per heavy atom. The van der Waals surface area contributed by atoms with Crippen molar-refractivity contribution < 1.29 is 14.3 Å². The van der Waals surface area contributed by atoms with E-state index in [1.165, 1.54) is 11.6 Å². The van der Waals surface area contributed by atoms with E-state index in [1.807, 2.05) is 6.07 Å². The van der Waals surface area contributed by atoms with Gasteiger partial charge in [-0.05, 0) is 43.1 Å². The van der Waals surface area contributed by atoms with Crippen molar-refractivity contribution in [3.05, 3.63) is 65.5 Å². The van der Waals surface area contributed by atoms with Gasteiger partial charge in [0.15, 0.2) is 0 Å². The fourth-order valence-corrected chi connectivity index (χ4v) is 4.30. The van der Waals surface area contributed by atoms with Crippen LogP contribution in [0.2, 0.25) is 0 Å². The van der Waals surface area contributed by atoms with Crippen LogP contribution in [0.25, 0.3) is 0 Å². The zero-order chi connectivity index (χ0) is 18.1. The van der Waals surface area contributed by atoms with Crippen LogP contribution in [-0.2, 0) is 6.54 Å². The summed E-state index contributed by atoms with van der Waals surface area (Å²) in [6.45, 7) is 4.27. The molecule has 1 unspecified atom stereocenters. The number of hydrogen-bond donors (Lipinski definition) is 1. The largest absolute Gasteiger partial charge is 0.507 e. The first kappa shape index (κ1) is 17.0. The molecule has 2 heterocycles. The van der Waals surface area contributed by atoms with Crippen LogP contribution in [0.4, 0.5) is 4.39 Å². The summed E-state index contributed by atoms with van der Waals surface area (Å²) in [7, 11) is 0. The molecule has 1 atom stereocenters. The molecule has 0 bridgehead atoms. The molecule has 4 nitrogen and oxygen atoms in total. The molecule has 2 aliphatic rings. The van der Waals surface area contributed by atoms with Gasteiger partial charge in [0.1, 0.15) is 11.6 Å². The van der Waals surface area contributed by atoms with Gasteiger partial charge in [0.25, 0.3) is 5.91 Å². The number of nitrogens with zero attached hydrogens (tertiary/aromatic N) is 2. The average molecular weight is 354 g/mol. The molecule has 2 aromatic carbocycles. The van der Waals surface area contributed by atoms with Gasteiger partial charge in [0.2, 0.25) is 0 Å². The van der Waals surface area contributed by atoms with Gasteiger partial charge < -0.3 is 10.0 Å². The van der Waals surface area contributed by atoms with Crippen molar-refractivity contribution >= 4 is 5.91 Å². The number of carbonyl (C=O) groups is 1. The molecule has 26 heavy (non-hydrogen) atoms. The van der Waals surface area contributed by atoms with Crippen molar-refractivity contribution in [1.29, 1.82) is 0 Å². The molecule has 1 amide bonds. The molecule has 0 aromatic heterocycles. The van der Waals surface area contributed by atoms with Crippen molar-refractivity contribution in [2.75, 3.05) is 26.2 Å². The predicted molar refractivity (Wildman–Crippen MR) is 97.4 cm³/mol. The van der Waals surface area contributed by atoms with Crippen LogP contribution < -0.4 is 0 Å². The topological polar surface area (TPSA) is 43.8 Å². The predicted octanol–water partition coefficient (Wildman–Crippen LogP) is 3.27. The van der Waals surface area contributed by atoms with Gasteiger partial charge in [-0.1, -0.05) is 30.3 Å². The number of likely N-dealkylation sites (tertiary alicyclic amines) is 2. The number of phenols is 1. The van der Waals surface area contributed by atoms with E-state index in [2.05, 4.69) is 29.2 Å². The zero-order valence-corrected chi connectivity index (χ0v) is 14.7. The highest BCUT2D eigenvalue weighted by atomic mass is 19.1. The maximum Gasteiger partial charge on any atom is 0.257 e. The zero-order valence-electron chi connectivity index (χ0n) is 14.7. The van der Waals surface area contributed by atoms with Gasteiger partial charge in [-0.2, -0.15) is 0 Å². The quantitative estimate of drug-likeness (QED) is 0.920. The van der Waals surface area contributed by atoms with Crippen LogP contribution in [0, 0.1) is 11.2 Å². The molecule has 0 radical (unpaired) electrons. The Morgan fingerprint density at radius 1 is 1.08 bits per heavy atom. The minimum atomic E-state index is -0.505. The number of rotatable bonds is 3. The Balaban J connectivity index is 1.42. The summed E-state index contributed by atoms with van der Waals surface area (Å²) >= 11 is 0. The van der Waals surface area contributed by atoms with Crippen molar-refractivity contribution in [2.24, 2.45) is 5.41 Å². The van der Waals surface area contributed by atoms with E-state index in [0.717, 1.165) is 44.6 Å². The second kappa shape index (κ2) is 6.72. The van der Waals surface area contributed by atoms with Crippen LogP contribution in [0.15, 0.2) is 48.5 Å². The van der Waals surface area contributed by atoms with Gasteiger partial charge in [-0.25, -0.2) is 4.39 Å². The molecule has 2 aromatic rings. The van der Waals surface area contributed by atoms with Crippen LogP contribution >= 0.6 is 0 Å². The highest BCUT2D eigenvalue weighted by molar-refractivity contribution is 5.97. The number of hydrogen-bond acceptors (Lipinski definition) is 3. The first-order valence-corrected chi connectivity index (χ1v) is 9.09. The van der Waals surface area contributed by atoms with E-state index in [9.17, 15) is 14.3 Å². The summed E-state index contributed by atoms with van der Waals surface area (Å²) in [6, 6.07) is 14.0. The monoisotopic (exact) mass is 354 g/mol. The van der Waals surface area contributed by atoms with E-state index in [4.69, 9.17) is 0 Å². The lowest BCUT2D eigenvalue weighted by atomic mass is 9.86. The highest BCUT2D eigenvalue weighted by Crippen LogP contribution is 2.40. The number of amides is 1. The van der Waals surface area contributed by atoms with Gasteiger partial charge in [0, 0.05) is 31.6 Å². The lowest BCUT2D eigenvalue weighted by molar-refractivity contribution is 0.0769. The molecule has 1 spiro atoms. The van der Waals surface area contributed by atoms with E-state index < -0.39 is 5.82 Å². The van der Waals surface area contributed by atoms with Crippen LogP contribution in [0.1, 0.15) is 28.8 Å². The maximum atomic E-state index is 13.5. The summed E-state index contributed by atoms with van der Waals surface area (Å²) in [4.78, 5) is 16.9. The van der Waals surface area contributed by atoms with Crippen LogP contribution in [-0.4, -0.2) is 47.0 Å². The number of phenolic OH excluding ortho intramolecular Hbond substituents is 1. The molecular formula is C21H23FN2O2. The summed E-state index contributed by atoms with van der Waals surface area (Å²) in [5.74, 6) is -0.940. The summed E-state index contributed by atoms with van der Waals surface area (Å²) in [6.07, 6.45) is 2.03. The third-order valence-corrected chi connectivity index (χ3v) is 5.68. The molecule has 2 aliphatic heterocycles. The minimum absolute atomic E-state index is 0.0567. The SMILES string of the molecule is O=C(c1cc(F)ccc1O)N1CCC2(CCN(Cc3ccccc3)C2)C1. The smallest absolute Gasteiger partial charge is 0.257 e. The molecule has 2 fully saturated rings. The van der Waals surface area contributed by atoms with Crippen LogP contribution in [0.5, 0.6) is 5.75 Å². The fourth-order valence-electron chi connectivity index (χ4n) is 4.30. The molecule has 136 valence electrons. The Kier molecular flexibility index (Phi) is 4.41. The van der Waals surface area contributed by atoms with Gasteiger partial charge in [0.05, 0.1) is 5.56 Å². The van der Waals surface area contributed by atoms with Crippen molar-refractivity contribution in [3.63, 3.8) is 0 Å². The average Bonchev–Trinajstić information content (AvgIpc) is 3.24. The van der Waals surface area contributed by atoms with Gasteiger partial charge in [-0.3, -0.25) is 9.69 Å². The summed E-state index contributed by atoms with van der Waals surface area (Å²) in [5.41, 5.74) is 1.48. The Labute approximate surface area is 152 Å². The molecule has 5 heteroatoms. The number of carbonyl (C=O) groups excluding carboxylic acids is 1. The molecule has 4 rings (SSSR count). The standard InChI is InChI=1S/C21H23FN2O2/c22-17-6-7-19(25)18(12-17)20(26)24-11-9-21(15-24)8-10-23(14-21)13-16-4-2-1-3-5-16/h1-7,12,25H,8-11,13-15H2. The first-order valence-electron chi connectivity index (χ1n) is 9.09. The van der Waals surface area contributed by atoms with E-state index in [-0.39, 0.29) is 22.6 Å². The maximum absolute atomic E-state index is 13.5.